The van der Waals surface area contributed by atoms with E-state index in [0.29, 0.717) is 12.0 Å². The number of hydrogen-bond acceptors (Lipinski definition) is 7. The molecule has 30 heavy (non-hydrogen) atoms. The van der Waals surface area contributed by atoms with Gasteiger partial charge < -0.3 is 30.5 Å². The number of ether oxygens (including phenoxy) is 2. The number of esters is 1. The number of hydrogen-bond donors (Lipinski definition) is 4. The van der Waals surface area contributed by atoms with Gasteiger partial charge >= 0.3 is 12.1 Å². The minimum atomic E-state index is -1.28. The van der Waals surface area contributed by atoms with Crippen LogP contribution in [0.1, 0.15) is 54.9 Å². The van der Waals surface area contributed by atoms with Crippen molar-refractivity contribution in [2.75, 3.05) is 13.7 Å². The molecular formula is C20H35N3O7. The fourth-order valence-electron chi connectivity index (χ4n) is 2.26. The number of aliphatic hydroxyl groups excluding tert-OH is 1. The lowest BCUT2D eigenvalue weighted by Crippen LogP contribution is -2.53. The normalized spacial score (nSPS) is 14.2. The van der Waals surface area contributed by atoms with Crippen molar-refractivity contribution in [1.82, 2.24) is 16.0 Å². The van der Waals surface area contributed by atoms with Crippen LogP contribution in [0.5, 0.6) is 0 Å². The highest BCUT2D eigenvalue weighted by atomic mass is 16.6. The van der Waals surface area contributed by atoms with Crippen LogP contribution in [0.15, 0.2) is 11.3 Å². The van der Waals surface area contributed by atoms with Crippen molar-refractivity contribution < 1.29 is 33.8 Å². The number of carbonyl (C=O) groups is 4. The van der Waals surface area contributed by atoms with E-state index < -0.39 is 48.2 Å². The fraction of sp³-hybridized carbons (Fsp3) is 0.700. The molecule has 10 nitrogen and oxygen atoms in total. The Bertz CT molecular complexity index is 666. The Morgan fingerprint density at radius 2 is 1.63 bits per heavy atom. The van der Waals surface area contributed by atoms with Crippen LogP contribution < -0.4 is 16.0 Å². The topological polar surface area (TPSA) is 143 Å². The van der Waals surface area contributed by atoms with Crippen molar-refractivity contribution in [2.45, 2.75) is 72.6 Å². The Balaban J connectivity index is 5.53. The molecule has 0 heterocycles. The summed E-state index contributed by atoms with van der Waals surface area (Å²) >= 11 is 0. The van der Waals surface area contributed by atoms with E-state index in [4.69, 9.17) is 4.74 Å². The van der Waals surface area contributed by atoms with Crippen LogP contribution in [0, 0.1) is 5.92 Å². The zero-order valence-corrected chi connectivity index (χ0v) is 19.0. The zero-order chi connectivity index (χ0) is 23.6. The summed E-state index contributed by atoms with van der Waals surface area (Å²) in [6, 6.07) is -2.25. The SMILES string of the molecule is CC/C(C)=C(/NC(=O)[C@@H](NC(=O)OC(C)(C)C)C(C)C)C(=O)N[C@@H](CO)C(=O)OC. The van der Waals surface area contributed by atoms with E-state index in [1.807, 2.05) is 0 Å². The molecule has 0 unspecified atom stereocenters. The van der Waals surface area contributed by atoms with Crippen molar-refractivity contribution in [3.63, 3.8) is 0 Å². The minimum Gasteiger partial charge on any atom is -0.467 e. The van der Waals surface area contributed by atoms with Crippen molar-refractivity contribution >= 4 is 23.9 Å². The minimum absolute atomic E-state index is 0.0681. The van der Waals surface area contributed by atoms with Gasteiger partial charge in [0, 0.05) is 0 Å². The molecule has 0 bridgehead atoms. The van der Waals surface area contributed by atoms with Gasteiger partial charge in [0.1, 0.15) is 17.3 Å². The maximum absolute atomic E-state index is 12.8. The van der Waals surface area contributed by atoms with Crippen LogP contribution >= 0.6 is 0 Å². The van der Waals surface area contributed by atoms with Crippen LogP contribution in [0.2, 0.25) is 0 Å². The average molecular weight is 430 g/mol. The van der Waals surface area contributed by atoms with E-state index in [9.17, 15) is 24.3 Å². The molecule has 2 atom stereocenters. The summed E-state index contributed by atoms with van der Waals surface area (Å²) in [6.45, 7) is 11.3. The number of aliphatic hydroxyl groups is 1. The third-order valence-electron chi connectivity index (χ3n) is 4.03. The largest absolute Gasteiger partial charge is 0.467 e. The predicted molar refractivity (Wildman–Crippen MR) is 110 cm³/mol. The van der Waals surface area contributed by atoms with Crippen LogP contribution in [0.3, 0.4) is 0 Å². The van der Waals surface area contributed by atoms with Gasteiger partial charge in [0.25, 0.3) is 5.91 Å². The average Bonchev–Trinajstić information content (AvgIpc) is 2.64. The lowest BCUT2D eigenvalue weighted by molar-refractivity contribution is -0.145. The highest BCUT2D eigenvalue weighted by molar-refractivity contribution is 6.01. The van der Waals surface area contributed by atoms with Gasteiger partial charge in [0.15, 0.2) is 6.04 Å². The summed E-state index contributed by atoms with van der Waals surface area (Å²) in [4.78, 5) is 49.2. The molecule has 10 heteroatoms. The summed E-state index contributed by atoms with van der Waals surface area (Å²) < 4.78 is 9.72. The van der Waals surface area contributed by atoms with Gasteiger partial charge in [-0.3, -0.25) is 9.59 Å². The highest BCUT2D eigenvalue weighted by Crippen LogP contribution is 2.11. The van der Waals surface area contributed by atoms with E-state index >= 15 is 0 Å². The molecule has 0 saturated heterocycles. The molecule has 0 aliphatic carbocycles. The first kappa shape index (κ1) is 27.4. The third kappa shape index (κ3) is 9.25. The molecular weight excluding hydrogens is 394 g/mol. The smallest absolute Gasteiger partial charge is 0.408 e. The first-order chi connectivity index (χ1) is 13.8. The highest BCUT2D eigenvalue weighted by Gasteiger charge is 2.30. The number of amides is 3. The molecule has 4 N–H and O–H groups in total. The Kier molecular flexibility index (Phi) is 11.1. The lowest BCUT2D eigenvalue weighted by Gasteiger charge is -2.26. The summed E-state index contributed by atoms with van der Waals surface area (Å²) in [5.41, 5.74) is -0.261. The predicted octanol–water partition coefficient (Wildman–Crippen LogP) is 0.986. The molecule has 0 aliphatic heterocycles. The molecule has 3 amide bonds. The molecule has 0 spiro atoms. The number of allylic oxidation sites excluding steroid dienone is 1. The molecule has 0 fully saturated rings. The fourth-order valence-corrected chi connectivity index (χ4v) is 2.26. The number of carbonyl (C=O) groups excluding carboxylic acids is 4. The Morgan fingerprint density at radius 1 is 1.07 bits per heavy atom. The first-order valence-electron chi connectivity index (χ1n) is 9.76. The van der Waals surface area contributed by atoms with Gasteiger partial charge in [0.2, 0.25) is 5.91 Å². The first-order valence-corrected chi connectivity index (χ1v) is 9.76. The second-order valence-electron chi connectivity index (χ2n) is 8.10. The van der Waals surface area contributed by atoms with Gasteiger partial charge in [-0.05, 0) is 45.6 Å². The Labute approximate surface area is 177 Å². The second kappa shape index (κ2) is 12.2. The molecule has 0 radical (unpaired) electrons. The van der Waals surface area contributed by atoms with Crippen molar-refractivity contribution in [1.29, 1.82) is 0 Å². The summed E-state index contributed by atoms with van der Waals surface area (Å²) in [5, 5.41) is 16.7. The summed E-state index contributed by atoms with van der Waals surface area (Å²) in [6.07, 6.45) is -0.318. The molecule has 0 saturated carbocycles. The standard InChI is InChI=1S/C20H35N3O7/c1-9-12(4)15(17(26)21-13(10-24)18(27)29-8)22-16(25)14(11(2)3)23-19(28)30-20(5,6)7/h11,13-14,24H,9-10H2,1-8H3,(H,21,26)(H,22,25)(H,23,28)/b15-12+/t13-,14-/m0/s1. The van der Waals surface area contributed by atoms with Gasteiger partial charge in [-0.1, -0.05) is 20.8 Å². The van der Waals surface area contributed by atoms with E-state index in [2.05, 4.69) is 20.7 Å². The van der Waals surface area contributed by atoms with Crippen molar-refractivity contribution in [3.05, 3.63) is 11.3 Å². The Hall–Kier alpha value is -2.62. The van der Waals surface area contributed by atoms with Crippen molar-refractivity contribution in [2.24, 2.45) is 5.92 Å². The molecule has 0 rings (SSSR count). The van der Waals surface area contributed by atoms with Gasteiger partial charge in [0.05, 0.1) is 13.7 Å². The maximum Gasteiger partial charge on any atom is 0.408 e. The van der Waals surface area contributed by atoms with Gasteiger partial charge in [-0.15, -0.1) is 0 Å². The number of methoxy groups -OCH3 is 1. The molecule has 0 aliphatic rings. The van der Waals surface area contributed by atoms with E-state index in [1.54, 1.807) is 48.5 Å². The summed E-state index contributed by atoms with van der Waals surface area (Å²) in [7, 11) is 1.13. The number of rotatable bonds is 9. The third-order valence-corrected chi connectivity index (χ3v) is 4.03. The number of nitrogens with one attached hydrogen (secondary N) is 3. The van der Waals surface area contributed by atoms with Crippen LogP contribution in [-0.4, -0.2) is 60.4 Å². The maximum atomic E-state index is 12.8. The molecule has 0 aromatic carbocycles. The number of alkyl carbamates (subject to hydrolysis) is 1. The summed E-state index contributed by atoms with van der Waals surface area (Å²) in [5.74, 6) is -2.50. The van der Waals surface area contributed by atoms with E-state index in [0.717, 1.165) is 7.11 Å². The van der Waals surface area contributed by atoms with Crippen LogP contribution in [0.4, 0.5) is 4.79 Å². The lowest BCUT2D eigenvalue weighted by atomic mass is 10.0. The quantitative estimate of drug-likeness (QED) is 0.316. The van der Waals surface area contributed by atoms with E-state index in [1.165, 1.54) is 0 Å². The molecule has 172 valence electrons. The second-order valence-corrected chi connectivity index (χ2v) is 8.10. The Morgan fingerprint density at radius 3 is 2.03 bits per heavy atom. The van der Waals surface area contributed by atoms with E-state index in [-0.39, 0.29) is 11.6 Å². The molecule has 0 aromatic rings. The van der Waals surface area contributed by atoms with Crippen LogP contribution in [0.25, 0.3) is 0 Å². The van der Waals surface area contributed by atoms with Crippen molar-refractivity contribution in [3.8, 4) is 0 Å². The van der Waals surface area contributed by atoms with Gasteiger partial charge in [-0.25, -0.2) is 9.59 Å². The molecule has 0 aromatic heterocycles. The monoisotopic (exact) mass is 429 g/mol. The van der Waals surface area contributed by atoms with Gasteiger partial charge in [-0.2, -0.15) is 0 Å². The van der Waals surface area contributed by atoms with Crippen LogP contribution in [-0.2, 0) is 23.9 Å². The zero-order valence-electron chi connectivity index (χ0n) is 19.0.